The van der Waals surface area contributed by atoms with E-state index in [-0.39, 0.29) is 0 Å². The molecule has 16 heavy (non-hydrogen) atoms. The van der Waals surface area contributed by atoms with E-state index in [0.29, 0.717) is 11.7 Å². The van der Waals surface area contributed by atoms with E-state index in [0.717, 1.165) is 36.2 Å². The van der Waals surface area contributed by atoms with Gasteiger partial charge >= 0.3 is 0 Å². The Hall–Kier alpha value is -0.370. The molecule has 2 heteroatoms. The Bertz CT molecular complexity index is 299. The predicted octanol–water partition coefficient (Wildman–Crippen LogP) is 2.52. The van der Waals surface area contributed by atoms with Gasteiger partial charge in [-0.05, 0) is 62.2 Å². The number of ketones is 1. The quantitative estimate of drug-likeness (QED) is 0.733. The number of fused-ring (bicyclic) bond motifs is 5. The predicted molar refractivity (Wildman–Crippen MR) is 62.0 cm³/mol. The minimum absolute atomic E-state index is 0.410. The number of Topliss-reactive ketones (excluding diaryl/α,β-unsaturated/α-hetero) is 1. The van der Waals surface area contributed by atoms with E-state index in [1.807, 2.05) is 7.11 Å². The standard InChI is InChI=1S/C14H22O2/c1-8(15)12-5-10-6-13(12)11-4-3-9(7-16-2)14(10)11/h9-14H,3-7H2,1-2H3. The maximum atomic E-state index is 11.6. The highest BCUT2D eigenvalue weighted by molar-refractivity contribution is 5.79. The van der Waals surface area contributed by atoms with Crippen molar-refractivity contribution in [1.29, 1.82) is 0 Å². The van der Waals surface area contributed by atoms with Gasteiger partial charge in [-0.1, -0.05) is 0 Å². The first-order chi connectivity index (χ1) is 7.72. The second kappa shape index (κ2) is 3.83. The summed E-state index contributed by atoms with van der Waals surface area (Å²) in [7, 11) is 1.82. The Kier molecular flexibility index (Phi) is 2.58. The smallest absolute Gasteiger partial charge is 0.133 e. The first-order valence-electron chi connectivity index (χ1n) is 6.71. The first-order valence-corrected chi connectivity index (χ1v) is 6.71. The van der Waals surface area contributed by atoms with E-state index in [2.05, 4.69) is 0 Å². The molecule has 3 rings (SSSR count). The number of ether oxygens (including phenoxy) is 1. The molecule has 3 fully saturated rings. The van der Waals surface area contributed by atoms with Crippen LogP contribution in [0.2, 0.25) is 0 Å². The molecule has 2 nitrogen and oxygen atoms in total. The highest BCUT2D eigenvalue weighted by Crippen LogP contribution is 2.62. The molecular weight excluding hydrogens is 200 g/mol. The Morgan fingerprint density at radius 1 is 1.25 bits per heavy atom. The number of carbonyl (C=O) groups excluding carboxylic acids is 1. The summed E-state index contributed by atoms with van der Waals surface area (Å²) in [5.41, 5.74) is 0. The molecule has 6 atom stereocenters. The van der Waals surface area contributed by atoms with Crippen molar-refractivity contribution in [2.45, 2.75) is 32.6 Å². The lowest BCUT2D eigenvalue weighted by atomic mass is 9.72. The third-order valence-electron chi connectivity index (χ3n) is 5.56. The van der Waals surface area contributed by atoms with Gasteiger partial charge in [-0.2, -0.15) is 0 Å². The van der Waals surface area contributed by atoms with Gasteiger partial charge in [0.2, 0.25) is 0 Å². The van der Waals surface area contributed by atoms with Crippen molar-refractivity contribution in [3.8, 4) is 0 Å². The molecule has 3 saturated carbocycles. The van der Waals surface area contributed by atoms with Gasteiger partial charge in [0.25, 0.3) is 0 Å². The molecule has 0 aromatic rings. The van der Waals surface area contributed by atoms with E-state index < -0.39 is 0 Å². The van der Waals surface area contributed by atoms with Gasteiger partial charge in [-0.25, -0.2) is 0 Å². The third-order valence-corrected chi connectivity index (χ3v) is 5.56. The molecule has 0 saturated heterocycles. The summed E-state index contributed by atoms with van der Waals surface area (Å²) in [5.74, 6) is 4.96. The zero-order valence-electron chi connectivity index (χ0n) is 10.3. The average Bonchev–Trinajstić information content (AvgIpc) is 2.87. The number of rotatable bonds is 3. The molecule has 0 aromatic heterocycles. The average molecular weight is 222 g/mol. The Morgan fingerprint density at radius 3 is 2.75 bits per heavy atom. The van der Waals surface area contributed by atoms with Crippen LogP contribution in [-0.4, -0.2) is 19.5 Å². The lowest BCUT2D eigenvalue weighted by Crippen LogP contribution is -2.31. The van der Waals surface area contributed by atoms with Crippen LogP contribution < -0.4 is 0 Å². The number of methoxy groups -OCH3 is 1. The zero-order chi connectivity index (χ0) is 11.3. The fourth-order valence-corrected chi connectivity index (χ4v) is 5.15. The Labute approximate surface area is 97.7 Å². The second-order valence-corrected chi connectivity index (χ2v) is 6.15. The summed E-state index contributed by atoms with van der Waals surface area (Å²) in [6.45, 7) is 2.73. The van der Waals surface area contributed by atoms with Crippen LogP contribution in [0.3, 0.4) is 0 Å². The molecule has 3 aliphatic carbocycles. The van der Waals surface area contributed by atoms with Crippen molar-refractivity contribution in [3.63, 3.8) is 0 Å². The van der Waals surface area contributed by atoms with Crippen LogP contribution in [0, 0.1) is 35.5 Å². The van der Waals surface area contributed by atoms with Gasteiger partial charge in [0.05, 0.1) is 0 Å². The largest absolute Gasteiger partial charge is 0.384 e. The number of carbonyl (C=O) groups is 1. The van der Waals surface area contributed by atoms with Gasteiger partial charge in [0.15, 0.2) is 0 Å². The van der Waals surface area contributed by atoms with E-state index in [1.54, 1.807) is 6.92 Å². The maximum absolute atomic E-state index is 11.6. The van der Waals surface area contributed by atoms with Crippen LogP contribution in [0.25, 0.3) is 0 Å². The summed E-state index contributed by atoms with van der Waals surface area (Å²) < 4.78 is 5.35. The molecule has 0 spiro atoms. The van der Waals surface area contributed by atoms with Crippen LogP contribution in [-0.2, 0) is 9.53 Å². The summed E-state index contributed by atoms with van der Waals surface area (Å²) in [6, 6.07) is 0. The molecule has 2 bridgehead atoms. The molecule has 3 aliphatic rings. The third kappa shape index (κ3) is 1.38. The zero-order valence-corrected chi connectivity index (χ0v) is 10.3. The molecular formula is C14H22O2. The molecule has 0 heterocycles. The van der Waals surface area contributed by atoms with E-state index >= 15 is 0 Å². The summed E-state index contributed by atoms with van der Waals surface area (Å²) in [6.07, 6.45) is 5.20. The van der Waals surface area contributed by atoms with E-state index in [1.165, 1.54) is 25.7 Å². The van der Waals surface area contributed by atoms with Crippen LogP contribution in [0.15, 0.2) is 0 Å². The van der Waals surface area contributed by atoms with Gasteiger partial charge in [-0.3, -0.25) is 4.79 Å². The van der Waals surface area contributed by atoms with Crippen molar-refractivity contribution in [1.82, 2.24) is 0 Å². The summed E-state index contributed by atoms with van der Waals surface area (Å²) in [4.78, 5) is 11.6. The fraction of sp³-hybridized carbons (Fsp3) is 0.929. The van der Waals surface area contributed by atoms with Crippen molar-refractivity contribution < 1.29 is 9.53 Å². The number of hydrogen-bond acceptors (Lipinski definition) is 2. The van der Waals surface area contributed by atoms with Crippen LogP contribution in [0.1, 0.15) is 32.6 Å². The highest BCUT2D eigenvalue weighted by Gasteiger charge is 2.57. The number of hydrogen-bond donors (Lipinski definition) is 0. The van der Waals surface area contributed by atoms with Crippen molar-refractivity contribution in [2.24, 2.45) is 35.5 Å². The van der Waals surface area contributed by atoms with Crippen molar-refractivity contribution >= 4 is 5.78 Å². The Balaban J connectivity index is 1.76. The maximum Gasteiger partial charge on any atom is 0.133 e. The minimum Gasteiger partial charge on any atom is -0.384 e. The van der Waals surface area contributed by atoms with Gasteiger partial charge in [0, 0.05) is 19.6 Å². The molecule has 0 N–H and O–H groups in total. The minimum atomic E-state index is 0.410. The molecule has 90 valence electrons. The van der Waals surface area contributed by atoms with Gasteiger partial charge in [0.1, 0.15) is 5.78 Å². The lowest BCUT2D eigenvalue weighted by Gasteiger charge is -2.32. The van der Waals surface area contributed by atoms with Crippen molar-refractivity contribution in [2.75, 3.05) is 13.7 Å². The molecule has 0 aliphatic heterocycles. The van der Waals surface area contributed by atoms with Crippen LogP contribution in [0.5, 0.6) is 0 Å². The highest BCUT2D eigenvalue weighted by atomic mass is 16.5. The van der Waals surface area contributed by atoms with Gasteiger partial charge < -0.3 is 4.74 Å². The monoisotopic (exact) mass is 222 g/mol. The lowest BCUT2D eigenvalue weighted by molar-refractivity contribution is -0.123. The topological polar surface area (TPSA) is 26.3 Å². The second-order valence-electron chi connectivity index (χ2n) is 6.15. The van der Waals surface area contributed by atoms with Crippen LogP contribution >= 0.6 is 0 Å². The first kappa shape index (κ1) is 10.8. The van der Waals surface area contributed by atoms with Crippen molar-refractivity contribution in [3.05, 3.63) is 0 Å². The molecule has 6 unspecified atom stereocenters. The van der Waals surface area contributed by atoms with E-state index in [4.69, 9.17) is 4.74 Å². The van der Waals surface area contributed by atoms with Crippen LogP contribution in [0.4, 0.5) is 0 Å². The molecule has 0 amide bonds. The summed E-state index contributed by atoms with van der Waals surface area (Å²) in [5, 5.41) is 0. The van der Waals surface area contributed by atoms with Gasteiger partial charge in [-0.15, -0.1) is 0 Å². The molecule has 0 radical (unpaired) electrons. The normalized spacial score (nSPS) is 49.6. The SMILES string of the molecule is COCC1CCC2C3CC(CC3C(C)=O)C12. The van der Waals surface area contributed by atoms with E-state index in [9.17, 15) is 4.79 Å². The summed E-state index contributed by atoms with van der Waals surface area (Å²) >= 11 is 0. The Morgan fingerprint density at radius 2 is 2.06 bits per heavy atom. The molecule has 0 aromatic carbocycles. The fourth-order valence-electron chi connectivity index (χ4n) is 5.15.